The number of hydrogen-bond acceptors (Lipinski definition) is 5. The van der Waals surface area contributed by atoms with Gasteiger partial charge in [-0.25, -0.2) is 9.97 Å². The second kappa shape index (κ2) is 9.10. The molecule has 0 spiro atoms. The molecule has 1 aromatic carbocycles. The standard InChI is InChI=1S/C26H27N5O2/c1-18-21-13-14-23(32)31(17-20-11-5-7-15-27-20)25(21)29-24(28-18)22-12-6-8-16-30(22)26(33)19-9-3-2-4-10-19/h2-5,7,9-11,15,22H,6,8,12-14,16-17H2,1H3/t22-/m0/s1. The lowest BCUT2D eigenvalue weighted by Crippen LogP contribution is -2.40. The third kappa shape index (κ3) is 4.23. The van der Waals surface area contributed by atoms with Crippen LogP contribution >= 0.6 is 0 Å². The van der Waals surface area contributed by atoms with E-state index in [0.29, 0.717) is 43.1 Å². The second-order valence-electron chi connectivity index (χ2n) is 8.65. The van der Waals surface area contributed by atoms with Gasteiger partial charge in [0.25, 0.3) is 5.91 Å². The normalized spacial score (nSPS) is 18.2. The number of rotatable bonds is 4. The van der Waals surface area contributed by atoms with Gasteiger partial charge in [-0.15, -0.1) is 0 Å². The monoisotopic (exact) mass is 441 g/mol. The molecule has 0 saturated carbocycles. The highest BCUT2D eigenvalue weighted by Crippen LogP contribution is 2.35. The van der Waals surface area contributed by atoms with Crippen molar-refractivity contribution in [2.24, 2.45) is 0 Å². The minimum absolute atomic E-state index is 0.000641. The lowest BCUT2D eigenvalue weighted by molar-refractivity contribution is -0.119. The number of carbonyl (C=O) groups excluding carboxylic acids is 2. The van der Waals surface area contributed by atoms with Crippen LogP contribution in [0.2, 0.25) is 0 Å². The Morgan fingerprint density at radius 3 is 2.64 bits per heavy atom. The van der Waals surface area contributed by atoms with Gasteiger partial charge in [0, 0.05) is 36.0 Å². The molecular formula is C26H27N5O2. The minimum Gasteiger partial charge on any atom is -0.328 e. The molecule has 2 aromatic heterocycles. The van der Waals surface area contributed by atoms with E-state index in [-0.39, 0.29) is 17.9 Å². The van der Waals surface area contributed by atoms with Crippen molar-refractivity contribution in [1.29, 1.82) is 0 Å². The molecule has 2 aliphatic heterocycles. The molecule has 7 heteroatoms. The summed E-state index contributed by atoms with van der Waals surface area (Å²) in [5.41, 5.74) is 3.37. The van der Waals surface area contributed by atoms with Crippen molar-refractivity contribution in [3.8, 4) is 0 Å². The Balaban J connectivity index is 1.51. The Labute approximate surface area is 193 Å². The van der Waals surface area contributed by atoms with Crippen LogP contribution < -0.4 is 4.90 Å². The first-order valence-corrected chi connectivity index (χ1v) is 11.6. The van der Waals surface area contributed by atoms with Crippen LogP contribution in [0, 0.1) is 6.92 Å². The molecule has 1 saturated heterocycles. The van der Waals surface area contributed by atoms with Crippen molar-refractivity contribution < 1.29 is 9.59 Å². The Bertz CT molecular complexity index is 1170. The summed E-state index contributed by atoms with van der Waals surface area (Å²) < 4.78 is 0. The first kappa shape index (κ1) is 21.2. The summed E-state index contributed by atoms with van der Waals surface area (Å²) in [6, 6.07) is 14.9. The molecule has 33 heavy (non-hydrogen) atoms. The van der Waals surface area contributed by atoms with Gasteiger partial charge < -0.3 is 4.90 Å². The molecule has 0 N–H and O–H groups in total. The zero-order chi connectivity index (χ0) is 22.8. The number of likely N-dealkylation sites (tertiary alicyclic amines) is 1. The Kier molecular flexibility index (Phi) is 5.86. The molecular weight excluding hydrogens is 414 g/mol. The van der Waals surface area contributed by atoms with Gasteiger partial charge in [-0.2, -0.15) is 0 Å². The zero-order valence-electron chi connectivity index (χ0n) is 18.8. The van der Waals surface area contributed by atoms with Crippen LogP contribution in [0.3, 0.4) is 0 Å². The molecule has 1 fully saturated rings. The van der Waals surface area contributed by atoms with Gasteiger partial charge >= 0.3 is 0 Å². The summed E-state index contributed by atoms with van der Waals surface area (Å²) in [4.78, 5) is 44.0. The summed E-state index contributed by atoms with van der Waals surface area (Å²) in [6.07, 6.45) is 5.59. The SMILES string of the molecule is Cc1nc([C@@H]2CCCCN2C(=O)c2ccccc2)nc2c1CCC(=O)N2Cc1ccccn1. The maximum absolute atomic E-state index is 13.3. The summed E-state index contributed by atoms with van der Waals surface area (Å²) in [7, 11) is 0. The van der Waals surface area contributed by atoms with E-state index in [1.807, 2.05) is 60.4 Å². The molecule has 0 radical (unpaired) electrons. The molecule has 0 bridgehead atoms. The number of nitrogens with zero attached hydrogens (tertiary/aromatic N) is 5. The average molecular weight is 442 g/mol. The predicted molar refractivity (Wildman–Crippen MR) is 125 cm³/mol. The largest absolute Gasteiger partial charge is 0.328 e. The fourth-order valence-corrected chi connectivity index (χ4v) is 4.76. The highest BCUT2D eigenvalue weighted by molar-refractivity contribution is 5.96. The highest BCUT2D eigenvalue weighted by Gasteiger charge is 2.34. The van der Waals surface area contributed by atoms with Crippen molar-refractivity contribution in [1.82, 2.24) is 19.9 Å². The van der Waals surface area contributed by atoms with Crippen LogP contribution in [0.5, 0.6) is 0 Å². The number of anilines is 1. The van der Waals surface area contributed by atoms with Crippen LogP contribution in [-0.2, 0) is 17.8 Å². The minimum atomic E-state index is -0.204. The quantitative estimate of drug-likeness (QED) is 0.611. The topological polar surface area (TPSA) is 79.3 Å². The number of hydrogen-bond donors (Lipinski definition) is 0. The molecule has 2 amide bonds. The van der Waals surface area contributed by atoms with Crippen molar-refractivity contribution in [2.75, 3.05) is 11.4 Å². The third-order valence-corrected chi connectivity index (χ3v) is 6.48. The van der Waals surface area contributed by atoms with Gasteiger partial charge in [0.15, 0.2) is 5.82 Å². The van der Waals surface area contributed by atoms with E-state index in [0.717, 1.165) is 36.2 Å². The smallest absolute Gasteiger partial charge is 0.254 e. The summed E-state index contributed by atoms with van der Waals surface area (Å²) >= 11 is 0. The number of carbonyl (C=O) groups is 2. The van der Waals surface area contributed by atoms with E-state index in [2.05, 4.69) is 4.98 Å². The van der Waals surface area contributed by atoms with Gasteiger partial charge in [0.1, 0.15) is 5.82 Å². The molecule has 2 aliphatic rings. The number of aromatic nitrogens is 3. The summed E-state index contributed by atoms with van der Waals surface area (Å²) in [5, 5.41) is 0. The number of amides is 2. The lowest BCUT2D eigenvalue weighted by Gasteiger charge is -2.36. The van der Waals surface area contributed by atoms with Gasteiger partial charge in [-0.3, -0.25) is 19.5 Å². The van der Waals surface area contributed by atoms with Crippen LogP contribution in [-0.4, -0.2) is 38.2 Å². The lowest BCUT2D eigenvalue weighted by atomic mass is 9.98. The van der Waals surface area contributed by atoms with E-state index in [4.69, 9.17) is 9.97 Å². The number of benzene rings is 1. The molecule has 1 atom stereocenters. The van der Waals surface area contributed by atoms with Crippen LogP contribution in [0.25, 0.3) is 0 Å². The van der Waals surface area contributed by atoms with Gasteiger partial charge in [0.2, 0.25) is 5.91 Å². The van der Waals surface area contributed by atoms with Crippen molar-refractivity contribution in [3.05, 3.63) is 83.1 Å². The van der Waals surface area contributed by atoms with Crippen molar-refractivity contribution in [2.45, 2.75) is 51.6 Å². The Hall–Kier alpha value is -3.61. The van der Waals surface area contributed by atoms with Gasteiger partial charge in [-0.05, 0) is 56.9 Å². The van der Waals surface area contributed by atoms with Crippen LogP contribution in [0.4, 0.5) is 5.82 Å². The number of aryl methyl sites for hydroxylation is 1. The van der Waals surface area contributed by atoms with Crippen molar-refractivity contribution in [3.63, 3.8) is 0 Å². The summed E-state index contributed by atoms with van der Waals surface area (Å²) in [5.74, 6) is 1.33. The fourth-order valence-electron chi connectivity index (χ4n) is 4.76. The van der Waals surface area contributed by atoms with E-state index in [1.54, 1.807) is 11.1 Å². The van der Waals surface area contributed by atoms with E-state index < -0.39 is 0 Å². The van der Waals surface area contributed by atoms with Gasteiger partial charge in [0.05, 0.1) is 18.3 Å². The molecule has 5 rings (SSSR count). The van der Waals surface area contributed by atoms with Crippen molar-refractivity contribution >= 4 is 17.6 Å². The maximum Gasteiger partial charge on any atom is 0.254 e. The molecule has 4 heterocycles. The zero-order valence-corrected chi connectivity index (χ0v) is 18.8. The van der Waals surface area contributed by atoms with Crippen LogP contribution in [0.1, 0.15) is 64.9 Å². The molecule has 0 unspecified atom stereocenters. The number of pyridine rings is 1. The molecule has 3 aromatic rings. The maximum atomic E-state index is 13.3. The Morgan fingerprint density at radius 2 is 1.85 bits per heavy atom. The van der Waals surface area contributed by atoms with E-state index in [1.165, 1.54) is 0 Å². The number of piperidine rings is 1. The third-order valence-electron chi connectivity index (χ3n) is 6.48. The second-order valence-corrected chi connectivity index (χ2v) is 8.65. The van der Waals surface area contributed by atoms with Gasteiger partial charge in [-0.1, -0.05) is 24.3 Å². The molecule has 7 nitrogen and oxygen atoms in total. The number of fused-ring (bicyclic) bond motifs is 1. The first-order chi connectivity index (χ1) is 16.1. The average Bonchev–Trinajstić information content (AvgIpc) is 2.86. The molecule has 0 aliphatic carbocycles. The Morgan fingerprint density at radius 1 is 1.03 bits per heavy atom. The summed E-state index contributed by atoms with van der Waals surface area (Å²) in [6.45, 7) is 3.03. The predicted octanol–water partition coefficient (Wildman–Crippen LogP) is 4.03. The van der Waals surface area contributed by atoms with E-state index in [9.17, 15) is 9.59 Å². The van der Waals surface area contributed by atoms with Crippen LogP contribution in [0.15, 0.2) is 54.7 Å². The van der Waals surface area contributed by atoms with E-state index >= 15 is 0 Å². The fraction of sp³-hybridized carbons (Fsp3) is 0.346. The first-order valence-electron chi connectivity index (χ1n) is 11.6. The molecule has 168 valence electrons. The highest BCUT2D eigenvalue weighted by atomic mass is 16.2.